The van der Waals surface area contributed by atoms with Gasteiger partial charge in [0.15, 0.2) is 5.82 Å². The van der Waals surface area contributed by atoms with Gasteiger partial charge >= 0.3 is 0 Å². The molecule has 0 spiro atoms. The van der Waals surface area contributed by atoms with Crippen molar-refractivity contribution in [3.8, 4) is 5.88 Å². The zero-order valence-electron chi connectivity index (χ0n) is 17.5. The Kier molecular flexibility index (Phi) is 5.54. The Bertz CT molecular complexity index is 818. The molecule has 2 aliphatic heterocycles. The van der Waals surface area contributed by atoms with Crippen LogP contribution < -0.4 is 15.0 Å². The Hall–Kier alpha value is -1.93. The second-order valence-electron chi connectivity index (χ2n) is 8.83. The van der Waals surface area contributed by atoms with Crippen LogP contribution in [0.5, 0.6) is 5.88 Å². The van der Waals surface area contributed by atoms with E-state index in [-0.39, 0.29) is 6.10 Å². The first-order valence-corrected chi connectivity index (χ1v) is 11.3. The van der Waals surface area contributed by atoms with Crippen LogP contribution in [0, 0.1) is 0 Å². The smallest absolute Gasteiger partial charge is 0.257 e. The molecule has 2 aromatic rings. The molecular formula is C21H33N7O. The highest BCUT2D eigenvalue weighted by molar-refractivity contribution is 5.50. The van der Waals surface area contributed by atoms with Crippen molar-refractivity contribution in [2.24, 2.45) is 0 Å². The Morgan fingerprint density at radius 2 is 1.72 bits per heavy atom. The van der Waals surface area contributed by atoms with Crippen LogP contribution in [-0.4, -0.2) is 76.9 Å². The fourth-order valence-electron chi connectivity index (χ4n) is 4.79. The van der Waals surface area contributed by atoms with E-state index in [1.54, 1.807) is 0 Å². The second-order valence-corrected chi connectivity index (χ2v) is 8.83. The maximum Gasteiger partial charge on any atom is 0.257 e. The molecule has 1 saturated carbocycles. The molecule has 0 radical (unpaired) electrons. The van der Waals surface area contributed by atoms with E-state index in [4.69, 9.17) is 19.8 Å². The third-order valence-corrected chi connectivity index (χ3v) is 6.66. The van der Waals surface area contributed by atoms with E-state index in [1.807, 2.05) is 4.52 Å². The monoisotopic (exact) mass is 399 g/mol. The summed E-state index contributed by atoms with van der Waals surface area (Å²) in [4.78, 5) is 14.4. The van der Waals surface area contributed by atoms with Crippen molar-refractivity contribution in [1.29, 1.82) is 0 Å². The number of piperazine rings is 1. The summed E-state index contributed by atoms with van der Waals surface area (Å²) in [6, 6.07) is 2.08. The van der Waals surface area contributed by atoms with Crippen molar-refractivity contribution in [2.75, 3.05) is 51.2 Å². The van der Waals surface area contributed by atoms with Gasteiger partial charge in [0.05, 0.1) is 0 Å². The van der Waals surface area contributed by atoms with Crippen LogP contribution in [0.25, 0.3) is 5.78 Å². The van der Waals surface area contributed by atoms with Crippen molar-refractivity contribution < 1.29 is 4.74 Å². The van der Waals surface area contributed by atoms with E-state index >= 15 is 0 Å². The lowest BCUT2D eigenvalue weighted by atomic mass is 9.89. The normalized spacial score (nSPS) is 23.0. The Morgan fingerprint density at radius 1 is 0.966 bits per heavy atom. The molecule has 8 heteroatoms. The minimum absolute atomic E-state index is 0.229. The summed E-state index contributed by atoms with van der Waals surface area (Å²) in [6.07, 6.45) is 8.56. The molecule has 8 nitrogen and oxygen atoms in total. The van der Waals surface area contributed by atoms with Crippen LogP contribution in [0.4, 0.5) is 5.82 Å². The molecule has 158 valence electrons. The molecule has 1 aliphatic carbocycles. The Balaban J connectivity index is 1.48. The molecule has 2 saturated heterocycles. The maximum absolute atomic E-state index is 6.30. The highest BCUT2D eigenvalue weighted by Gasteiger charge is 2.25. The molecule has 1 N–H and O–H groups in total. The van der Waals surface area contributed by atoms with Gasteiger partial charge in [-0.15, -0.1) is 5.10 Å². The number of piperidine rings is 1. The van der Waals surface area contributed by atoms with Crippen LogP contribution in [0.15, 0.2) is 6.07 Å². The number of hydrogen-bond donors (Lipinski definition) is 1. The molecule has 4 heterocycles. The van der Waals surface area contributed by atoms with Gasteiger partial charge in [-0.1, -0.05) is 19.3 Å². The molecular weight excluding hydrogens is 366 g/mol. The largest absolute Gasteiger partial charge is 0.474 e. The van der Waals surface area contributed by atoms with Gasteiger partial charge in [-0.2, -0.15) is 14.5 Å². The van der Waals surface area contributed by atoms with Gasteiger partial charge in [0.1, 0.15) is 11.9 Å². The number of rotatable bonds is 4. The zero-order valence-corrected chi connectivity index (χ0v) is 17.5. The van der Waals surface area contributed by atoms with E-state index in [0.29, 0.717) is 17.6 Å². The lowest BCUT2D eigenvalue weighted by molar-refractivity contribution is 0.156. The summed E-state index contributed by atoms with van der Waals surface area (Å²) in [5.74, 6) is 3.89. The van der Waals surface area contributed by atoms with Gasteiger partial charge in [-0.05, 0) is 45.8 Å². The summed E-state index contributed by atoms with van der Waals surface area (Å²) in [5.41, 5.74) is 0. The van der Waals surface area contributed by atoms with E-state index in [1.165, 1.54) is 32.1 Å². The van der Waals surface area contributed by atoms with Gasteiger partial charge in [0.2, 0.25) is 5.88 Å². The molecule has 3 aliphatic rings. The number of ether oxygens (including phenoxy) is 1. The number of nitrogens with one attached hydrogen (secondary N) is 1. The summed E-state index contributed by atoms with van der Waals surface area (Å²) >= 11 is 0. The second kappa shape index (κ2) is 8.44. The number of aromatic nitrogens is 4. The average molecular weight is 400 g/mol. The predicted molar refractivity (Wildman–Crippen MR) is 113 cm³/mol. The van der Waals surface area contributed by atoms with Crippen molar-refractivity contribution in [1.82, 2.24) is 29.8 Å². The van der Waals surface area contributed by atoms with Gasteiger partial charge in [-0.3, -0.25) is 0 Å². The number of hydrogen-bond acceptors (Lipinski definition) is 7. The van der Waals surface area contributed by atoms with Crippen molar-refractivity contribution in [3.63, 3.8) is 0 Å². The molecule has 0 amide bonds. The quantitative estimate of drug-likeness (QED) is 0.844. The van der Waals surface area contributed by atoms with Crippen molar-refractivity contribution >= 4 is 11.6 Å². The van der Waals surface area contributed by atoms with Gasteiger partial charge < -0.3 is 19.9 Å². The topological polar surface area (TPSA) is 70.8 Å². The summed E-state index contributed by atoms with van der Waals surface area (Å²) in [7, 11) is 2.18. The van der Waals surface area contributed by atoms with Crippen LogP contribution in [0.1, 0.15) is 56.7 Å². The number of likely N-dealkylation sites (N-methyl/N-ethyl adjacent to an activating group) is 1. The third-order valence-electron chi connectivity index (χ3n) is 6.66. The first-order chi connectivity index (χ1) is 14.3. The SMILES string of the molecule is CN1CCN(c2cc(OC3CCNCC3)nc3nc(C4CCCCC4)nn23)CC1. The first-order valence-electron chi connectivity index (χ1n) is 11.3. The van der Waals surface area contributed by atoms with Gasteiger partial charge in [-0.25, -0.2) is 0 Å². The zero-order chi connectivity index (χ0) is 19.6. The summed E-state index contributed by atoms with van der Waals surface area (Å²) < 4.78 is 8.26. The Morgan fingerprint density at radius 3 is 2.48 bits per heavy atom. The highest BCUT2D eigenvalue weighted by atomic mass is 16.5. The fourth-order valence-corrected chi connectivity index (χ4v) is 4.79. The van der Waals surface area contributed by atoms with E-state index in [0.717, 1.165) is 63.8 Å². The fraction of sp³-hybridized carbons (Fsp3) is 0.762. The van der Waals surface area contributed by atoms with E-state index in [2.05, 4.69) is 28.2 Å². The van der Waals surface area contributed by atoms with Crippen LogP contribution in [-0.2, 0) is 0 Å². The molecule has 5 rings (SSSR count). The maximum atomic E-state index is 6.30. The van der Waals surface area contributed by atoms with Crippen LogP contribution in [0.3, 0.4) is 0 Å². The summed E-state index contributed by atoms with van der Waals surface area (Å²) in [6.45, 7) is 6.10. The third kappa shape index (κ3) is 4.19. The molecule has 29 heavy (non-hydrogen) atoms. The van der Waals surface area contributed by atoms with E-state index in [9.17, 15) is 0 Å². The highest BCUT2D eigenvalue weighted by Crippen LogP contribution is 2.32. The average Bonchev–Trinajstić information content (AvgIpc) is 3.19. The number of anilines is 1. The summed E-state index contributed by atoms with van der Waals surface area (Å²) in [5, 5.41) is 8.34. The molecule has 2 aromatic heterocycles. The van der Waals surface area contributed by atoms with Crippen molar-refractivity contribution in [2.45, 2.75) is 57.0 Å². The van der Waals surface area contributed by atoms with Crippen LogP contribution >= 0.6 is 0 Å². The number of nitrogens with zero attached hydrogens (tertiary/aromatic N) is 6. The van der Waals surface area contributed by atoms with Crippen LogP contribution in [0.2, 0.25) is 0 Å². The molecule has 0 atom stereocenters. The minimum Gasteiger partial charge on any atom is -0.474 e. The lowest BCUT2D eigenvalue weighted by Gasteiger charge is -2.34. The molecule has 3 fully saturated rings. The first kappa shape index (κ1) is 19.1. The Labute approximate surface area is 172 Å². The molecule has 0 bridgehead atoms. The standard InChI is InChI=1S/C21H33N7O/c1-26-11-13-27(14-12-26)19-15-18(29-17-7-9-22-10-8-17)23-21-24-20(25-28(19)21)16-5-3-2-4-6-16/h15-17,22H,2-14H2,1H3. The van der Waals surface area contributed by atoms with Gasteiger partial charge in [0, 0.05) is 38.2 Å². The predicted octanol–water partition coefficient (Wildman–Crippen LogP) is 2.05. The van der Waals surface area contributed by atoms with E-state index < -0.39 is 0 Å². The molecule has 0 unspecified atom stereocenters. The van der Waals surface area contributed by atoms with Crippen molar-refractivity contribution in [3.05, 3.63) is 11.9 Å². The molecule has 0 aromatic carbocycles. The number of fused-ring (bicyclic) bond motifs is 1. The van der Waals surface area contributed by atoms with Gasteiger partial charge in [0.25, 0.3) is 5.78 Å². The lowest BCUT2D eigenvalue weighted by Crippen LogP contribution is -2.45. The minimum atomic E-state index is 0.229.